The van der Waals surface area contributed by atoms with E-state index in [1.54, 1.807) is 6.07 Å². The molecule has 2 fully saturated rings. The van der Waals surface area contributed by atoms with Crippen LogP contribution in [0.3, 0.4) is 0 Å². The third-order valence-corrected chi connectivity index (χ3v) is 11.2. The van der Waals surface area contributed by atoms with Crippen LogP contribution in [0.2, 0.25) is 0 Å². The number of hydrogen-bond acceptors (Lipinski definition) is 17. The van der Waals surface area contributed by atoms with Gasteiger partial charge in [0.15, 0.2) is 23.5 Å². The van der Waals surface area contributed by atoms with Gasteiger partial charge in [0.1, 0.15) is 23.6 Å². The van der Waals surface area contributed by atoms with Crippen molar-refractivity contribution < 1.29 is 79.2 Å². The summed E-state index contributed by atoms with van der Waals surface area (Å²) in [5.41, 5.74) is 9.90. The fourth-order valence-electron chi connectivity index (χ4n) is 6.74. The molecule has 27 heteroatoms. The zero-order chi connectivity index (χ0) is 45.9. The number of anilines is 1. The largest absolute Gasteiger partial charge is 0.724 e. The number of carbonyl (C=O) groups is 4. The molecule has 3 aromatic rings. The molecule has 0 spiro atoms. The summed E-state index contributed by atoms with van der Waals surface area (Å²) < 4.78 is 79.6. The molecule has 22 nitrogen and oxygen atoms in total. The van der Waals surface area contributed by atoms with Crippen LogP contribution in [0.1, 0.15) is 44.9 Å². The molecule has 2 aromatic heterocycles. The van der Waals surface area contributed by atoms with Crippen LogP contribution < -0.4 is 31.5 Å². The summed E-state index contributed by atoms with van der Waals surface area (Å²) >= 11 is 0.959. The Hall–Kier alpha value is -5.45. The molecule has 62 heavy (non-hydrogen) atoms. The number of carbonyl (C=O) groups excluding carboxylic acids is 2. The third kappa shape index (κ3) is 10.9. The Labute approximate surface area is 355 Å². The summed E-state index contributed by atoms with van der Waals surface area (Å²) in [5, 5.41) is 39.3. The molecule has 0 bridgehead atoms. The number of halogens is 3. The molecule has 2 amide bonds. The topological polar surface area (TPSA) is 327 Å². The number of β-lactam (4-membered cyclic amide) rings is 1. The van der Waals surface area contributed by atoms with E-state index in [4.69, 9.17) is 30.9 Å². The number of thiazole rings is 1. The number of alkyl halides is 3. The first-order valence-corrected chi connectivity index (χ1v) is 20.9. The molecule has 5 atom stereocenters. The van der Waals surface area contributed by atoms with Crippen molar-refractivity contribution >= 4 is 56.3 Å². The molecule has 1 aromatic carbocycles. The number of carboxylic acid groups (broad SMARTS) is 2. The second-order valence-corrected chi connectivity index (χ2v) is 17.0. The lowest BCUT2D eigenvalue weighted by molar-refractivity contribution is -0.780. The highest BCUT2D eigenvalue weighted by molar-refractivity contribution is 7.80. The van der Waals surface area contributed by atoms with Crippen molar-refractivity contribution in [3.8, 4) is 16.9 Å². The fraction of sp³-hybridized carbons (Fsp3) is 0.514. The van der Waals surface area contributed by atoms with E-state index < -0.39 is 75.4 Å². The van der Waals surface area contributed by atoms with Gasteiger partial charge in [-0.1, -0.05) is 11.2 Å². The average Bonchev–Trinajstić information content (AvgIpc) is 3.97. The van der Waals surface area contributed by atoms with Gasteiger partial charge in [0.2, 0.25) is 16.6 Å². The number of oxime groups is 1. The minimum atomic E-state index is -5.29. The number of carboxylic acids is 2. The summed E-state index contributed by atoms with van der Waals surface area (Å²) in [4.78, 5) is 57.6. The number of hydroxylamine groups is 2. The molecule has 9 N–H and O–H groups in total. The van der Waals surface area contributed by atoms with Crippen molar-refractivity contribution in [2.75, 3.05) is 25.4 Å². The maximum absolute atomic E-state index is 13.5. The Kier molecular flexibility index (Phi) is 14.2. The van der Waals surface area contributed by atoms with E-state index in [0.29, 0.717) is 29.7 Å². The summed E-state index contributed by atoms with van der Waals surface area (Å²) in [5.74, 6) is -5.38. The van der Waals surface area contributed by atoms with Crippen LogP contribution in [-0.2, 0) is 58.2 Å². The highest BCUT2D eigenvalue weighted by Gasteiger charge is 2.58. The van der Waals surface area contributed by atoms with Gasteiger partial charge in [0, 0.05) is 11.9 Å². The van der Waals surface area contributed by atoms with E-state index >= 15 is 0 Å². The van der Waals surface area contributed by atoms with E-state index in [1.165, 1.54) is 26.2 Å². The zero-order valence-electron chi connectivity index (χ0n) is 33.2. The Balaban J connectivity index is 0.000000955. The second-order valence-electron chi connectivity index (χ2n) is 15.2. The second kappa shape index (κ2) is 18.5. The van der Waals surface area contributed by atoms with Crippen molar-refractivity contribution in [1.82, 2.24) is 25.4 Å². The predicted octanol–water partition coefficient (Wildman–Crippen LogP) is -0.501. The molecule has 0 unspecified atom stereocenters. The number of aliphatic hydroxyl groups excluding tert-OH is 1. The van der Waals surface area contributed by atoms with E-state index in [2.05, 4.69) is 29.7 Å². The van der Waals surface area contributed by atoms with Gasteiger partial charge in [-0.25, -0.2) is 23.0 Å². The number of nitrogen functional groups attached to an aromatic ring is 1. The number of benzene rings is 1. The number of amides is 2. The number of aliphatic hydroxyl groups is 1. The lowest BCUT2D eigenvalue weighted by Gasteiger charge is -2.51. The highest BCUT2D eigenvalue weighted by atomic mass is 32.3. The molecule has 0 aliphatic carbocycles. The summed E-state index contributed by atoms with van der Waals surface area (Å²) in [7, 11) is -5.29. The molecule has 5 heterocycles. The van der Waals surface area contributed by atoms with Crippen LogP contribution in [0.15, 0.2) is 41.1 Å². The zero-order valence-corrected chi connectivity index (χ0v) is 34.8. The number of hydrogen-bond donors (Lipinski definition) is 7. The molecule has 340 valence electrons. The molecule has 6 rings (SSSR count). The fourth-order valence-corrected chi connectivity index (χ4v) is 7.74. The van der Waals surface area contributed by atoms with Gasteiger partial charge >= 0.3 is 18.1 Å². The quantitative estimate of drug-likeness (QED) is 0.0252. The number of nitrogens with one attached hydrogen (secondary N) is 2. The highest BCUT2D eigenvalue weighted by Crippen LogP contribution is 2.37. The van der Waals surface area contributed by atoms with Crippen molar-refractivity contribution in [3.05, 3.63) is 47.2 Å². The van der Waals surface area contributed by atoms with E-state index in [0.717, 1.165) is 54.1 Å². The SMILES string of the molecule is CC1(C)[C@H](NC(=O)/C(=N\O[C@](C)(C(=O)O)[C@H]2CCc3cc(-c4cn(C[C@@H]5CCNC5)[n+](C[C@@H](O)CN)c4)ccc3O2)c2csc(N)n2)C(=O)N1OS(=O)(=O)[O-].O=C(O)C(F)(F)F. The van der Waals surface area contributed by atoms with Crippen LogP contribution in [0.5, 0.6) is 5.75 Å². The number of ether oxygens (including phenoxy) is 1. The first-order chi connectivity index (χ1) is 28.8. The summed E-state index contributed by atoms with van der Waals surface area (Å²) in [6, 6.07) is 4.21. The molecule has 3 aliphatic heterocycles. The van der Waals surface area contributed by atoms with Crippen molar-refractivity contribution in [2.45, 2.75) is 88.7 Å². The molecular weight excluding hydrogens is 876 g/mol. The number of aromatic nitrogens is 3. The summed E-state index contributed by atoms with van der Waals surface area (Å²) in [6.07, 6.45) is -1.20. The number of aliphatic carboxylic acids is 2. The van der Waals surface area contributed by atoms with Crippen molar-refractivity contribution in [2.24, 2.45) is 16.8 Å². The van der Waals surface area contributed by atoms with Gasteiger partial charge in [-0.2, -0.15) is 27.2 Å². The van der Waals surface area contributed by atoms with Crippen molar-refractivity contribution in [3.63, 3.8) is 0 Å². The van der Waals surface area contributed by atoms with Gasteiger partial charge in [-0.3, -0.25) is 9.59 Å². The Bertz CT molecular complexity index is 2320. The first-order valence-electron chi connectivity index (χ1n) is 18.6. The van der Waals surface area contributed by atoms with Crippen LogP contribution in [0, 0.1) is 5.92 Å². The van der Waals surface area contributed by atoms with E-state index in [-0.39, 0.29) is 23.8 Å². The van der Waals surface area contributed by atoms with Gasteiger partial charge in [0.25, 0.3) is 17.4 Å². The molecular formula is C35H44F3N9O13S2. The number of aryl methyl sites for hydroxylation is 1. The summed E-state index contributed by atoms with van der Waals surface area (Å²) in [6.45, 7) is 7.05. The van der Waals surface area contributed by atoms with Crippen molar-refractivity contribution in [1.29, 1.82) is 0 Å². The van der Waals surface area contributed by atoms with Crippen LogP contribution >= 0.6 is 11.3 Å². The number of rotatable bonds is 15. The Morgan fingerprint density at radius 1 is 1.23 bits per heavy atom. The van der Waals surface area contributed by atoms with Crippen LogP contribution in [-0.4, -0.2) is 128 Å². The van der Waals surface area contributed by atoms with Crippen LogP contribution in [0.4, 0.5) is 18.3 Å². The monoisotopic (exact) mass is 919 g/mol. The lowest BCUT2D eigenvalue weighted by atomic mass is 9.84. The molecule has 2 saturated heterocycles. The first kappa shape index (κ1) is 47.6. The van der Waals surface area contributed by atoms with Gasteiger partial charge in [-0.15, -0.1) is 16.0 Å². The predicted molar refractivity (Wildman–Crippen MR) is 206 cm³/mol. The van der Waals surface area contributed by atoms with Gasteiger partial charge < -0.3 is 51.5 Å². The van der Waals surface area contributed by atoms with Crippen LogP contribution in [0.25, 0.3) is 11.1 Å². The average molecular weight is 920 g/mol. The number of fused-ring (bicyclic) bond motifs is 1. The van der Waals surface area contributed by atoms with E-state index in [1.807, 2.05) is 29.2 Å². The minimum Gasteiger partial charge on any atom is -0.724 e. The standard InChI is InChI=1S/C33H43N9O11S2.C2HF3O2/c1-32(2)27(29(45)42(32)53-55(48,49)50)38-28(44)26(23-17-54-31(35)37-23)39-52-33(3,30(46)47)25-7-5-20-10-19(4-6-24(20)51-25)21-14-40(13-18-8-9-36-12-18)41(15-21)16-22(43)11-34;3-2(4,5)1(6)7/h4,6,10,14-15,17-18,22,25,27,36,43H,5,7-9,11-13,16,34H2,1-3H3,(H4-,35,37,38,44,46,47,48,49,50);(H,6,7)/b39-26-;/t18-,22+,25-,27-,33+;/m1./s1. The normalized spacial score (nSPS) is 21.3. The maximum atomic E-state index is 13.5. The molecule has 0 saturated carbocycles. The smallest absolute Gasteiger partial charge is 0.490 e. The maximum Gasteiger partial charge on any atom is 0.490 e. The lowest BCUT2D eigenvalue weighted by Crippen LogP contribution is -2.76. The molecule has 3 aliphatic rings. The van der Waals surface area contributed by atoms with E-state index in [9.17, 15) is 50.7 Å². The Morgan fingerprint density at radius 3 is 2.47 bits per heavy atom. The third-order valence-electron chi connectivity index (χ3n) is 10.2. The minimum absolute atomic E-state index is 0.0500. The Morgan fingerprint density at radius 2 is 1.92 bits per heavy atom. The van der Waals surface area contributed by atoms with Gasteiger partial charge in [-0.05, 0) is 82.3 Å². The molecule has 0 radical (unpaired) electrons. The number of nitrogens with zero attached hydrogens (tertiary/aromatic N) is 5. The number of nitrogens with two attached hydrogens (primary N) is 2. The van der Waals surface area contributed by atoms with Gasteiger partial charge in [0.05, 0.1) is 23.8 Å².